The van der Waals surface area contributed by atoms with Gasteiger partial charge in [-0.25, -0.2) is 4.79 Å². The molecule has 2 aromatic heterocycles. The zero-order chi connectivity index (χ0) is 28.6. The van der Waals surface area contributed by atoms with Gasteiger partial charge in [-0.3, -0.25) is 14.8 Å². The van der Waals surface area contributed by atoms with Gasteiger partial charge in [0, 0.05) is 40.4 Å². The number of amides is 2. The van der Waals surface area contributed by atoms with E-state index in [2.05, 4.69) is 62.2 Å². The van der Waals surface area contributed by atoms with Crippen molar-refractivity contribution >= 4 is 28.6 Å². The van der Waals surface area contributed by atoms with Gasteiger partial charge in [-0.15, -0.1) is 0 Å². The molecule has 2 saturated heterocycles. The van der Waals surface area contributed by atoms with Crippen molar-refractivity contribution in [2.24, 2.45) is 0 Å². The van der Waals surface area contributed by atoms with Gasteiger partial charge in [0.1, 0.15) is 11.6 Å². The predicted molar refractivity (Wildman–Crippen MR) is 161 cm³/mol. The molecule has 0 spiro atoms. The molecular weight excluding hydrogens is 516 g/mol. The molecule has 2 amide bonds. The molecule has 0 bridgehead atoms. The van der Waals surface area contributed by atoms with Crippen molar-refractivity contribution in [2.75, 3.05) is 18.4 Å². The molecule has 2 aliphatic rings. The second-order valence-electron chi connectivity index (χ2n) is 12.1. The Labute approximate surface area is 240 Å². The third-order valence-corrected chi connectivity index (χ3v) is 7.85. The molecule has 2 aliphatic heterocycles. The average Bonchev–Trinajstić information content (AvgIpc) is 3.72. The first-order valence-electron chi connectivity index (χ1n) is 14.6. The van der Waals surface area contributed by atoms with Crippen LogP contribution in [0.4, 0.5) is 10.5 Å². The molecule has 0 unspecified atom stereocenters. The quantitative estimate of drug-likeness (QED) is 0.229. The maximum absolute atomic E-state index is 13.1. The predicted octanol–water partition coefficient (Wildman–Crippen LogP) is 6.38. The molecule has 0 radical (unpaired) electrons. The number of fused-ring (bicyclic) bond motifs is 1. The van der Waals surface area contributed by atoms with Crippen LogP contribution in [-0.4, -0.2) is 56.8 Å². The highest BCUT2D eigenvalue weighted by atomic mass is 16.6. The Morgan fingerprint density at radius 2 is 1.78 bits per heavy atom. The Hall–Kier alpha value is -4.11. The summed E-state index contributed by atoms with van der Waals surface area (Å²) in [6.07, 6.45) is 4.56. The minimum Gasteiger partial charge on any atom is -0.444 e. The van der Waals surface area contributed by atoms with Gasteiger partial charge in [0.25, 0.3) is 0 Å². The van der Waals surface area contributed by atoms with Crippen molar-refractivity contribution in [3.63, 3.8) is 0 Å². The van der Waals surface area contributed by atoms with E-state index in [1.165, 1.54) is 17.7 Å². The van der Waals surface area contributed by atoms with Crippen LogP contribution in [0, 0.1) is 0 Å². The number of aromatic amines is 2. The lowest BCUT2D eigenvalue weighted by atomic mass is 10.0. The molecule has 41 heavy (non-hydrogen) atoms. The summed E-state index contributed by atoms with van der Waals surface area (Å²) in [4.78, 5) is 30.8. The van der Waals surface area contributed by atoms with E-state index in [9.17, 15) is 9.59 Å². The first kappa shape index (κ1) is 27.1. The lowest BCUT2D eigenvalue weighted by molar-refractivity contribution is -0.120. The number of piperidine rings is 1. The minimum atomic E-state index is -0.604. The van der Waals surface area contributed by atoms with Gasteiger partial charge in [0.2, 0.25) is 5.91 Å². The van der Waals surface area contributed by atoms with Crippen LogP contribution in [-0.2, 0) is 9.53 Å². The third kappa shape index (κ3) is 6.00. The molecular formula is C32H38N6O3. The summed E-state index contributed by atoms with van der Waals surface area (Å²) in [5.41, 5.74) is 6.30. The molecule has 4 aromatic rings. The molecule has 4 heterocycles. The molecule has 2 atom stereocenters. The topological polar surface area (TPSA) is 115 Å². The number of nitrogens with zero attached hydrogens (tertiary/aromatic N) is 2. The maximum atomic E-state index is 13.1. The van der Waals surface area contributed by atoms with Gasteiger partial charge in [0.15, 0.2) is 0 Å². The number of rotatable bonds is 5. The number of benzene rings is 2. The van der Waals surface area contributed by atoms with Crippen LogP contribution < -0.4 is 10.6 Å². The maximum Gasteiger partial charge on any atom is 0.410 e. The molecule has 2 aromatic carbocycles. The fraction of sp³-hybridized carbons (Fsp3) is 0.406. The highest BCUT2D eigenvalue weighted by molar-refractivity contribution is 5.99. The van der Waals surface area contributed by atoms with E-state index in [0.29, 0.717) is 24.7 Å². The lowest BCUT2D eigenvalue weighted by Gasteiger charge is -2.28. The van der Waals surface area contributed by atoms with E-state index < -0.39 is 17.7 Å². The van der Waals surface area contributed by atoms with Gasteiger partial charge in [-0.2, -0.15) is 5.10 Å². The molecule has 0 saturated carbocycles. The Balaban J connectivity index is 1.13. The molecule has 4 N–H and O–H groups in total. The van der Waals surface area contributed by atoms with Crippen LogP contribution in [0.3, 0.4) is 0 Å². The second kappa shape index (κ2) is 11.0. The fourth-order valence-electron chi connectivity index (χ4n) is 5.77. The summed E-state index contributed by atoms with van der Waals surface area (Å²) in [6, 6.07) is 18.2. The monoisotopic (exact) mass is 554 g/mol. The van der Waals surface area contributed by atoms with Gasteiger partial charge >= 0.3 is 6.09 Å². The van der Waals surface area contributed by atoms with E-state index >= 15 is 0 Å². The molecule has 0 aliphatic carbocycles. The van der Waals surface area contributed by atoms with Crippen molar-refractivity contribution in [3.8, 4) is 22.5 Å². The standard InChI is InChI=1S/C32H38N6O3/c1-32(2,3)41-31(40)38-16-6-8-29(38)30(39)34-23-13-14-24-22(17-23)18-26(35-24)20-9-11-21(12-10-20)27-19-28(37-36-27)25-7-4-5-15-33-25/h9-14,17-19,25,29,33,35H,4-8,15-16H2,1-3H3,(H,34,39)(H,36,37)/t25-,29-/m0/s1. The van der Waals surface area contributed by atoms with Crippen molar-refractivity contribution < 1.29 is 14.3 Å². The number of ether oxygens (including phenoxy) is 1. The van der Waals surface area contributed by atoms with E-state index in [0.717, 1.165) is 58.5 Å². The van der Waals surface area contributed by atoms with Crippen molar-refractivity contribution in [3.05, 3.63) is 60.3 Å². The SMILES string of the molecule is CC(C)(C)OC(=O)N1CCC[C@H]1C(=O)Nc1ccc2[nH]c(-c3ccc(-c4cc([C@@H]5CCCCN5)[nH]n4)cc3)cc2c1. The van der Waals surface area contributed by atoms with Crippen LogP contribution in [0.5, 0.6) is 0 Å². The first-order valence-corrected chi connectivity index (χ1v) is 14.6. The van der Waals surface area contributed by atoms with Gasteiger partial charge in [0.05, 0.1) is 11.4 Å². The Morgan fingerprint density at radius 1 is 0.976 bits per heavy atom. The Morgan fingerprint density at radius 3 is 2.54 bits per heavy atom. The number of hydrogen-bond donors (Lipinski definition) is 4. The van der Waals surface area contributed by atoms with Crippen LogP contribution in [0.1, 0.15) is 64.6 Å². The summed E-state index contributed by atoms with van der Waals surface area (Å²) < 4.78 is 5.51. The van der Waals surface area contributed by atoms with Crippen LogP contribution >= 0.6 is 0 Å². The van der Waals surface area contributed by atoms with Gasteiger partial charge in [-0.1, -0.05) is 30.7 Å². The third-order valence-electron chi connectivity index (χ3n) is 7.85. The van der Waals surface area contributed by atoms with E-state index in [-0.39, 0.29) is 5.91 Å². The normalized spacial score (nSPS) is 19.4. The first-order chi connectivity index (χ1) is 19.7. The molecule has 6 rings (SSSR count). The highest BCUT2D eigenvalue weighted by Gasteiger charge is 2.36. The van der Waals surface area contributed by atoms with Crippen molar-refractivity contribution in [2.45, 2.75) is 70.6 Å². The fourth-order valence-corrected chi connectivity index (χ4v) is 5.77. The zero-order valence-corrected chi connectivity index (χ0v) is 23.9. The molecule has 214 valence electrons. The molecule has 2 fully saturated rings. The number of carbonyl (C=O) groups excluding carboxylic acids is 2. The van der Waals surface area contributed by atoms with E-state index in [4.69, 9.17) is 4.74 Å². The summed E-state index contributed by atoms with van der Waals surface area (Å²) in [5.74, 6) is -0.195. The second-order valence-corrected chi connectivity index (χ2v) is 12.1. The van der Waals surface area contributed by atoms with E-state index in [1.807, 2.05) is 39.0 Å². The summed E-state index contributed by atoms with van der Waals surface area (Å²) in [5, 5.41) is 15.3. The summed E-state index contributed by atoms with van der Waals surface area (Å²) >= 11 is 0. The van der Waals surface area contributed by atoms with Crippen LogP contribution in [0.15, 0.2) is 54.6 Å². The summed E-state index contributed by atoms with van der Waals surface area (Å²) in [7, 11) is 0. The van der Waals surface area contributed by atoms with Crippen LogP contribution in [0.25, 0.3) is 33.4 Å². The van der Waals surface area contributed by atoms with Crippen molar-refractivity contribution in [1.29, 1.82) is 0 Å². The Bertz CT molecular complexity index is 1540. The van der Waals surface area contributed by atoms with E-state index in [1.54, 1.807) is 0 Å². The number of hydrogen-bond acceptors (Lipinski definition) is 5. The van der Waals surface area contributed by atoms with Gasteiger partial charge < -0.3 is 20.4 Å². The number of anilines is 1. The Kier molecular flexibility index (Phi) is 7.30. The van der Waals surface area contributed by atoms with Crippen LogP contribution in [0.2, 0.25) is 0 Å². The lowest BCUT2D eigenvalue weighted by Crippen LogP contribution is -2.45. The zero-order valence-electron chi connectivity index (χ0n) is 23.9. The van der Waals surface area contributed by atoms with Gasteiger partial charge in [-0.05, 0) is 88.9 Å². The smallest absolute Gasteiger partial charge is 0.410 e. The largest absolute Gasteiger partial charge is 0.444 e. The van der Waals surface area contributed by atoms with Crippen molar-refractivity contribution in [1.82, 2.24) is 25.4 Å². The number of aromatic nitrogens is 3. The number of H-pyrrole nitrogens is 2. The number of carbonyl (C=O) groups is 2. The summed E-state index contributed by atoms with van der Waals surface area (Å²) in [6.45, 7) is 7.06. The number of nitrogens with one attached hydrogen (secondary N) is 4. The average molecular weight is 555 g/mol. The highest BCUT2D eigenvalue weighted by Crippen LogP contribution is 2.30. The molecule has 9 nitrogen and oxygen atoms in total. The number of likely N-dealkylation sites (tertiary alicyclic amines) is 1. The molecule has 9 heteroatoms. The minimum absolute atomic E-state index is 0.195.